The van der Waals surface area contributed by atoms with Gasteiger partial charge in [0, 0.05) is 19.8 Å². The normalized spacial score (nSPS) is 9.64. The summed E-state index contributed by atoms with van der Waals surface area (Å²) in [6, 6.07) is 0. The zero-order chi connectivity index (χ0) is 8.53. The SMILES string of the molecule is CCOCCCNC(=O)SC. The number of ether oxygens (including phenoxy) is 1. The van der Waals surface area contributed by atoms with Gasteiger partial charge < -0.3 is 10.1 Å². The predicted octanol–water partition coefficient (Wildman–Crippen LogP) is 1.49. The number of carbonyl (C=O) groups excluding carboxylic acids is 1. The van der Waals surface area contributed by atoms with E-state index in [9.17, 15) is 4.79 Å². The van der Waals surface area contributed by atoms with E-state index in [1.165, 1.54) is 11.8 Å². The molecule has 0 aromatic carbocycles. The Balaban J connectivity index is 2.95. The van der Waals surface area contributed by atoms with Crippen LogP contribution < -0.4 is 5.32 Å². The quantitative estimate of drug-likeness (QED) is 0.646. The van der Waals surface area contributed by atoms with Crippen molar-refractivity contribution in [3.63, 3.8) is 0 Å². The Kier molecular flexibility index (Phi) is 7.72. The van der Waals surface area contributed by atoms with Crippen molar-refractivity contribution in [2.45, 2.75) is 13.3 Å². The van der Waals surface area contributed by atoms with Gasteiger partial charge in [-0.05, 0) is 19.6 Å². The van der Waals surface area contributed by atoms with Gasteiger partial charge in [0.15, 0.2) is 0 Å². The van der Waals surface area contributed by atoms with Crippen molar-refractivity contribution in [2.75, 3.05) is 26.0 Å². The summed E-state index contributed by atoms with van der Waals surface area (Å²) < 4.78 is 5.09. The third kappa shape index (κ3) is 7.68. The summed E-state index contributed by atoms with van der Waals surface area (Å²) in [5.41, 5.74) is 0. The first-order chi connectivity index (χ1) is 5.31. The van der Waals surface area contributed by atoms with Gasteiger partial charge >= 0.3 is 0 Å². The molecule has 0 aliphatic rings. The van der Waals surface area contributed by atoms with Crippen LogP contribution in [0, 0.1) is 0 Å². The molecule has 66 valence electrons. The Morgan fingerprint density at radius 1 is 1.64 bits per heavy atom. The molecule has 0 unspecified atom stereocenters. The Bertz CT molecular complexity index is 109. The molecule has 0 aliphatic carbocycles. The van der Waals surface area contributed by atoms with Crippen LogP contribution in [0.15, 0.2) is 0 Å². The van der Waals surface area contributed by atoms with E-state index in [1.54, 1.807) is 6.26 Å². The fourth-order valence-electron chi connectivity index (χ4n) is 0.581. The van der Waals surface area contributed by atoms with Crippen LogP contribution in [0.25, 0.3) is 0 Å². The molecule has 0 saturated heterocycles. The molecule has 0 radical (unpaired) electrons. The lowest BCUT2D eigenvalue weighted by atomic mass is 10.4. The number of hydrogen-bond donors (Lipinski definition) is 1. The Labute approximate surface area is 71.9 Å². The number of thioether (sulfide) groups is 1. The van der Waals surface area contributed by atoms with Gasteiger partial charge in [0.2, 0.25) is 0 Å². The first-order valence-electron chi connectivity index (χ1n) is 3.70. The monoisotopic (exact) mass is 177 g/mol. The van der Waals surface area contributed by atoms with Crippen LogP contribution in [0.2, 0.25) is 0 Å². The Hall–Kier alpha value is -0.220. The van der Waals surface area contributed by atoms with Crippen molar-refractivity contribution >= 4 is 17.0 Å². The molecule has 0 spiro atoms. The highest BCUT2D eigenvalue weighted by molar-refractivity contribution is 8.12. The standard InChI is InChI=1S/C7H15NO2S/c1-3-10-6-4-5-8-7(9)11-2/h3-6H2,1-2H3,(H,8,9). The third-order valence-electron chi connectivity index (χ3n) is 1.12. The van der Waals surface area contributed by atoms with Crippen LogP contribution >= 0.6 is 11.8 Å². The van der Waals surface area contributed by atoms with Crippen LogP contribution in [0.3, 0.4) is 0 Å². The molecule has 0 atom stereocenters. The number of amides is 1. The van der Waals surface area contributed by atoms with Crippen LogP contribution in [0.5, 0.6) is 0 Å². The Morgan fingerprint density at radius 2 is 2.36 bits per heavy atom. The van der Waals surface area contributed by atoms with E-state index in [2.05, 4.69) is 5.32 Å². The summed E-state index contributed by atoms with van der Waals surface area (Å²) in [5.74, 6) is 0. The molecular weight excluding hydrogens is 162 g/mol. The van der Waals surface area contributed by atoms with Gasteiger partial charge in [0.05, 0.1) is 0 Å². The molecule has 0 saturated carbocycles. The van der Waals surface area contributed by atoms with Gasteiger partial charge in [0.25, 0.3) is 5.24 Å². The number of hydrogen-bond acceptors (Lipinski definition) is 3. The summed E-state index contributed by atoms with van der Waals surface area (Å²) >= 11 is 1.20. The number of nitrogens with one attached hydrogen (secondary N) is 1. The topological polar surface area (TPSA) is 38.3 Å². The fraction of sp³-hybridized carbons (Fsp3) is 0.857. The second kappa shape index (κ2) is 7.88. The lowest BCUT2D eigenvalue weighted by molar-refractivity contribution is 0.145. The molecule has 0 heterocycles. The maximum absolute atomic E-state index is 10.7. The summed E-state index contributed by atoms with van der Waals surface area (Å²) in [7, 11) is 0. The van der Waals surface area contributed by atoms with Gasteiger partial charge in [-0.25, -0.2) is 0 Å². The van der Waals surface area contributed by atoms with E-state index in [0.29, 0.717) is 6.54 Å². The van der Waals surface area contributed by atoms with Crippen LogP contribution in [0.1, 0.15) is 13.3 Å². The maximum atomic E-state index is 10.7. The molecule has 0 aliphatic heterocycles. The minimum absolute atomic E-state index is 0.0292. The van der Waals surface area contributed by atoms with Crippen molar-refractivity contribution in [3.05, 3.63) is 0 Å². The van der Waals surface area contributed by atoms with Crippen molar-refractivity contribution in [2.24, 2.45) is 0 Å². The number of carbonyl (C=O) groups is 1. The highest BCUT2D eigenvalue weighted by atomic mass is 32.2. The largest absolute Gasteiger partial charge is 0.382 e. The van der Waals surface area contributed by atoms with Crippen molar-refractivity contribution in [3.8, 4) is 0 Å². The lowest BCUT2D eigenvalue weighted by Crippen LogP contribution is -2.20. The summed E-state index contributed by atoms with van der Waals surface area (Å²) in [6.45, 7) is 4.14. The van der Waals surface area contributed by atoms with Gasteiger partial charge in [-0.3, -0.25) is 4.79 Å². The highest BCUT2D eigenvalue weighted by Gasteiger charge is 1.94. The van der Waals surface area contributed by atoms with Crippen LogP contribution in [-0.2, 0) is 4.74 Å². The molecular formula is C7H15NO2S. The molecule has 1 amide bonds. The lowest BCUT2D eigenvalue weighted by Gasteiger charge is -2.02. The zero-order valence-electron chi connectivity index (χ0n) is 7.05. The van der Waals surface area contributed by atoms with E-state index in [0.717, 1.165) is 19.6 Å². The number of rotatable bonds is 5. The molecule has 0 aromatic heterocycles. The molecule has 11 heavy (non-hydrogen) atoms. The smallest absolute Gasteiger partial charge is 0.278 e. The minimum atomic E-state index is 0.0292. The summed E-state index contributed by atoms with van der Waals surface area (Å²) in [5, 5.41) is 2.76. The maximum Gasteiger partial charge on any atom is 0.278 e. The van der Waals surface area contributed by atoms with E-state index in [1.807, 2.05) is 6.92 Å². The van der Waals surface area contributed by atoms with Crippen molar-refractivity contribution in [1.82, 2.24) is 5.32 Å². The van der Waals surface area contributed by atoms with Gasteiger partial charge in [-0.2, -0.15) is 0 Å². The second-order valence-corrected chi connectivity index (χ2v) is 2.75. The minimum Gasteiger partial charge on any atom is -0.382 e. The molecule has 3 nitrogen and oxygen atoms in total. The molecule has 0 rings (SSSR count). The molecule has 0 bridgehead atoms. The predicted molar refractivity (Wildman–Crippen MR) is 48.0 cm³/mol. The average Bonchev–Trinajstić information content (AvgIpc) is 2.04. The van der Waals surface area contributed by atoms with Crippen LogP contribution in [0.4, 0.5) is 4.79 Å². The molecule has 4 heteroatoms. The fourth-order valence-corrected chi connectivity index (χ4v) is 0.828. The summed E-state index contributed by atoms with van der Waals surface area (Å²) in [6.07, 6.45) is 2.65. The van der Waals surface area contributed by atoms with Crippen molar-refractivity contribution in [1.29, 1.82) is 0 Å². The van der Waals surface area contributed by atoms with Gasteiger partial charge in [-0.15, -0.1) is 0 Å². The van der Waals surface area contributed by atoms with E-state index >= 15 is 0 Å². The van der Waals surface area contributed by atoms with Gasteiger partial charge in [-0.1, -0.05) is 11.8 Å². The Morgan fingerprint density at radius 3 is 2.91 bits per heavy atom. The first kappa shape index (κ1) is 10.8. The third-order valence-corrected chi connectivity index (χ3v) is 1.64. The first-order valence-corrected chi connectivity index (χ1v) is 4.93. The van der Waals surface area contributed by atoms with E-state index in [4.69, 9.17) is 4.74 Å². The highest BCUT2D eigenvalue weighted by Crippen LogP contribution is 1.92. The van der Waals surface area contributed by atoms with Gasteiger partial charge in [0.1, 0.15) is 0 Å². The average molecular weight is 177 g/mol. The van der Waals surface area contributed by atoms with Crippen molar-refractivity contribution < 1.29 is 9.53 Å². The molecule has 0 aromatic rings. The summed E-state index contributed by atoms with van der Waals surface area (Å²) in [4.78, 5) is 10.7. The van der Waals surface area contributed by atoms with Crippen LogP contribution in [-0.4, -0.2) is 31.3 Å². The zero-order valence-corrected chi connectivity index (χ0v) is 7.87. The van der Waals surface area contributed by atoms with E-state index < -0.39 is 0 Å². The van der Waals surface area contributed by atoms with E-state index in [-0.39, 0.29) is 5.24 Å². The molecule has 0 fully saturated rings. The molecule has 1 N–H and O–H groups in total. The second-order valence-electron chi connectivity index (χ2n) is 1.97.